The normalized spacial score (nSPS) is 12.6. The summed E-state index contributed by atoms with van der Waals surface area (Å²) in [6.45, 7) is 4.94. The molecule has 0 saturated heterocycles. The lowest BCUT2D eigenvalue weighted by Crippen LogP contribution is -2.45. The van der Waals surface area contributed by atoms with Crippen molar-refractivity contribution in [1.29, 1.82) is 0 Å². The largest absolute Gasteiger partial charge is 0.466 e. The number of carbonyl (C=O) groups is 2. The Morgan fingerprint density at radius 1 is 0.354 bits per heavy atom. The quantitative estimate of drug-likeness (QED) is 0.0320. The molecule has 0 aromatic carbocycles. The van der Waals surface area contributed by atoms with Crippen LogP contribution in [0.2, 0.25) is 0 Å². The lowest BCUT2D eigenvalue weighted by molar-refractivity contribution is -0.143. The first-order valence-electron chi connectivity index (χ1n) is 36.1. The van der Waals surface area contributed by atoms with Crippen LogP contribution in [0.3, 0.4) is 0 Å². The number of hydrogen-bond acceptors (Lipinski definition) is 5. The predicted octanol–water partition coefficient (Wildman–Crippen LogP) is 23.3. The van der Waals surface area contributed by atoms with Gasteiger partial charge in [-0.1, -0.05) is 359 Å². The standard InChI is InChI=1S/C73H141NO5/c1-3-5-7-9-11-13-15-16-17-37-41-44-47-51-55-59-63-67-73(78)79-68-64-60-56-52-48-45-42-39-36-34-32-30-28-26-24-22-20-18-19-21-23-25-27-29-31-33-35-38-40-43-46-50-54-58-62-66-72(77)74-70(69-75)71(76)65-61-57-53-49-14-12-10-8-6-4-2/h11,13,16-17,70-71,75-76H,3-10,12,14-15,18-69H2,1-2H3,(H,74,77)/b13-11-,17-16-. The molecule has 0 aromatic heterocycles. The number of hydrogen-bond donors (Lipinski definition) is 3. The Balaban J connectivity index is 3.27. The summed E-state index contributed by atoms with van der Waals surface area (Å²) in [6, 6.07) is -0.535. The smallest absolute Gasteiger partial charge is 0.305 e. The Labute approximate surface area is 494 Å². The number of nitrogens with one attached hydrogen (secondary N) is 1. The van der Waals surface area contributed by atoms with Gasteiger partial charge in [-0.2, -0.15) is 0 Å². The van der Waals surface area contributed by atoms with Crippen molar-refractivity contribution in [3.05, 3.63) is 24.3 Å². The van der Waals surface area contributed by atoms with Crippen LogP contribution in [0.5, 0.6) is 0 Å². The molecule has 0 heterocycles. The second kappa shape index (κ2) is 68.8. The maximum Gasteiger partial charge on any atom is 0.305 e. The van der Waals surface area contributed by atoms with Crippen LogP contribution in [0.1, 0.15) is 406 Å². The molecule has 0 aliphatic heterocycles. The molecular formula is C73H141NO5. The topological polar surface area (TPSA) is 95.9 Å². The minimum atomic E-state index is -0.658. The fourth-order valence-corrected chi connectivity index (χ4v) is 11.5. The molecule has 0 aromatic rings. The summed E-state index contributed by atoms with van der Waals surface area (Å²) in [5.41, 5.74) is 0. The average Bonchev–Trinajstić information content (AvgIpc) is 3.45. The second-order valence-corrected chi connectivity index (χ2v) is 24.9. The zero-order valence-corrected chi connectivity index (χ0v) is 53.6. The van der Waals surface area contributed by atoms with Gasteiger partial charge in [0.2, 0.25) is 5.91 Å². The van der Waals surface area contributed by atoms with Gasteiger partial charge in [0.15, 0.2) is 0 Å². The van der Waals surface area contributed by atoms with Crippen molar-refractivity contribution in [2.45, 2.75) is 418 Å². The van der Waals surface area contributed by atoms with E-state index < -0.39 is 12.1 Å². The fraction of sp³-hybridized carbons (Fsp3) is 0.918. The van der Waals surface area contributed by atoms with Crippen molar-refractivity contribution >= 4 is 11.9 Å². The van der Waals surface area contributed by atoms with E-state index in [4.69, 9.17) is 4.74 Å². The summed E-state index contributed by atoms with van der Waals surface area (Å²) in [4.78, 5) is 24.5. The summed E-state index contributed by atoms with van der Waals surface area (Å²) in [5.74, 6) is -0.0140. The van der Waals surface area contributed by atoms with Gasteiger partial charge in [0.25, 0.3) is 0 Å². The van der Waals surface area contributed by atoms with E-state index in [9.17, 15) is 19.8 Å². The highest BCUT2D eigenvalue weighted by Gasteiger charge is 2.20. The highest BCUT2D eigenvalue weighted by Crippen LogP contribution is 2.19. The van der Waals surface area contributed by atoms with Crippen LogP contribution in [-0.2, 0) is 14.3 Å². The first kappa shape index (κ1) is 77.3. The van der Waals surface area contributed by atoms with Crippen molar-refractivity contribution in [3.8, 4) is 0 Å². The molecule has 0 fully saturated rings. The molecule has 468 valence electrons. The van der Waals surface area contributed by atoms with Gasteiger partial charge in [0, 0.05) is 12.8 Å². The van der Waals surface area contributed by atoms with Gasteiger partial charge < -0.3 is 20.3 Å². The first-order chi connectivity index (χ1) is 39.0. The zero-order valence-electron chi connectivity index (χ0n) is 53.6. The fourth-order valence-electron chi connectivity index (χ4n) is 11.5. The Bertz CT molecular complexity index is 1230. The molecule has 1 amide bonds. The summed E-state index contributed by atoms with van der Waals surface area (Å²) in [5, 5.41) is 23.2. The molecule has 0 saturated carbocycles. The minimum Gasteiger partial charge on any atom is -0.466 e. The number of ether oxygens (including phenoxy) is 1. The molecule has 79 heavy (non-hydrogen) atoms. The monoisotopic (exact) mass is 1110 g/mol. The van der Waals surface area contributed by atoms with Crippen molar-refractivity contribution < 1.29 is 24.5 Å². The van der Waals surface area contributed by atoms with Gasteiger partial charge in [0.1, 0.15) is 0 Å². The molecule has 0 spiro atoms. The number of esters is 1. The van der Waals surface area contributed by atoms with Crippen molar-refractivity contribution in [2.75, 3.05) is 13.2 Å². The highest BCUT2D eigenvalue weighted by atomic mass is 16.5. The Morgan fingerprint density at radius 2 is 0.633 bits per heavy atom. The van der Waals surface area contributed by atoms with Crippen LogP contribution in [0.25, 0.3) is 0 Å². The number of aliphatic hydroxyl groups is 2. The molecule has 3 N–H and O–H groups in total. The van der Waals surface area contributed by atoms with Gasteiger partial charge in [-0.25, -0.2) is 0 Å². The second-order valence-electron chi connectivity index (χ2n) is 24.9. The van der Waals surface area contributed by atoms with Gasteiger partial charge in [-0.05, 0) is 57.8 Å². The van der Waals surface area contributed by atoms with E-state index in [-0.39, 0.29) is 18.5 Å². The molecule has 2 atom stereocenters. The summed E-state index contributed by atoms with van der Waals surface area (Å²) in [7, 11) is 0. The van der Waals surface area contributed by atoms with E-state index >= 15 is 0 Å². The number of allylic oxidation sites excluding steroid dienone is 4. The number of aliphatic hydroxyl groups excluding tert-OH is 2. The SMILES string of the molecule is CCCCC/C=C\C/C=C\CCCCCCCCCC(=O)OCCCCCCCCCCCCCCCCCCCCCCCCCCCCCCCCCCCCCC(=O)NC(CO)C(O)CCCCCCCCCCCC. The summed E-state index contributed by atoms with van der Waals surface area (Å²) >= 11 is 0. The average molecular weight is 1110 g/mol. The number of carbonyl (C=O) groups excluding carboxylic acids is 2. The Kier molecular flexibility index (Phi) is 67.4. The molecule has 0 aliphatic carbocycles. The van der Waals surface area contributed by atoms with Crippen molar-refractivity contribution in [2.24, 2.45) is 0 Å². The number of unbranched alkanes of at least 4 members (excludes halogenated alkanes) is 53. The Hall–Kier alpha value is -1.66. The van der Waals surface area contributed by atoms with Crippen LogP contribution in [0, 0.1) is 0 Å². The molecule has 6 heteroatoms. The van der Waals surface area contributed by atoms with Crippen LogP contribution in [-0.4, -0.2) is 47.4 Å². The molecule has 0 aliphatic rings. The molecule has 6 nitrogen and oxygen atoms in total. The Morgan fingerprint density at radius 3 is 0.987 bits per heavy atom. The predicted molar refractivity (Wildman–Crippen MR) is 347 cm³/mol. The maximum absolute atomic E-state index is 12.5. The van der Waals surface area contributed by atoms with Gasteiger partial charge in [-0.15, -0.1) is 0 Å². The molecule has 0 rings (SSSR count). The van der Waals surface area contributed by atoms with Gasteiger partial charge in [-0.3, -0.25) is 9.59 Å². The molecule has 0 bridgehead atoms. The summed E-state index contributed by atoms with van der Waals surface area (Å²) < 4.78 is 5.50. The van der Waals surface area contributed by atoms with Crippen molar-refractivity contribution in [1.82, 2.24) is 5.32 Å². The third-order valence-corrected chi connectivity index (χ3v) is 17.0. The minimum absolute atomic E-state index is 0.0153. The van der Waals surface area contributed by atoms with E-state index in [0.717, 1.165) is 51.4 Å². The highest BCUT2D eigenvalue weighted by molar-refractivity contribution is 5.76. The van der Waals surface area contributed by atoms with E-state index in [1.807, 2.05) is 0 Å². The lowest BCUT2D eigenvalue weighted by Gasteiger charge is -2.22. The summed E-state index contributed by atoms with van der Waals surface area (Å²) in [6.07, 6.45) is 86.9. The van der Waals surface area contributed by atoms with Crippen LogP contribution >= 0.6 is 0 Å². The number of amides is 1. The van der Waals surface area contributed by atoms with Crippen molar-refractivity contribution in [3.63, 3.8) is 0 Å². The van der Waals surface area contributed by atoms with E-state index in [0.29, 0.717) is 25.9 Å². The van der Waals surface area contributed by atoms with E-state index in [1.54, 1.807) is 0 Å². The van der Waals surface area contributed by atoms with Gasteiger partial charge >= 0.3 is 5.97 Å². The maximum atomic E-state index is 12.5. The third kappa shape index (κ3) is 65.4. The zero-order chi connectivity index (χ0) is 57.1. The number of rotatable bonds is 68. The third-order valence-electron chi connectivity index (χ3n) is 17.0. The molecule has 0 radical (unpaired) electrons. The van der Waals surface area contributed by atoms with Crippen LogP contribution in [0.4, 0.5) is 0 Å². The lowest BCUT2D eigenvalue weighted by atomic mass is 10.0. The molecular weight excluding hydrogens is 971 g/mol. The molecule has 2 unspecified atom stereocenters. The first-order valence-corrected chi connectivity index (χ1v) is 36.1. The van der Waals surface area contributed by atoms with Gasteiger partial charge in [0.05, 0.1) is 25.4 Å². The van der Waals surface area contributed by atoms with Crippen LogP contribution in [0.15, 0.2) is 24.3 Å². The van der Waals surface area contributed by atoms with E-state index in [2.05, 4.69) is 43.5 Å². The van der Waals surface area contributed by atoms with E-state index in [1.165, 1.54) is 321 Å². The van der Waals surface area contributed by atoms with Crippen LogP contribution < -0.4 is 5.32 Å².